The minimum Gasteiger partial charge on any atom is -0.397 e. The molecule has 0 unspecified atom stereocenters. The van der Waals surface area contributed by atoms with Crippen molar-refractivity contribution in [3.05, 3.63) is 23.8 Å². The first kappa shape index (κ1) is 13.2. The number of nitrogens with two attached hydrogens (primary N) is 2. The third-order valence-corrected chi connectivity index (χ3v) is 3.58. The van der Waals surface area contributed by atoms with Crippen LogP contribution in [-0.2, 0) is 6.54 Å². The van der Waals surface area contributed by atoms with Crippen molar-refractivity contribution in [2.45, 2.75) is 38.9 Å². The molecule has 1 aliphatic rings. The molecule has 4 nitrogen and oxygen atoms in total. The highest BCUT2D eigenvalue weighted by Gasteiger charge is 2.22. The Morgan fingerprint density at radius 1 is 1.28 bits per heavy atom. The van der Waals surface area contributed by atoms with Crippen LogP contribution in [0.3, 0.4) is 0 Å². The Morgan fingerprint density at radius 3 is 2.72 bits per heavy atom. The standard InChI is InChI=1S/C14H24N4/c1-3-12-9-18(7-10(2)17-12)8-11-4-5-13(15)14(16)6-11/h4-6,10,12,17H,3,7-9,15-16H2,1-2H3/t10-,12+/m1/s1. The minimum atomic E-state index is 0.551. The molecule has 5 N–H and O–H groups in total. The van der Waals surface area contributed by atoms with Gasteiger partial charge >= 0.3 is 0 Å². The Hall–Kier alpha value is -1.26. The van der Waals surface area contributed by atoms with Gasteiger partial charge in [0.25, 0.3) is 0 Å². The molecule has 1 heterocycles. The fourth-order valence-electron chi connectivity index (χ4n) is 2.64. The normalized spacial score (nSPS) is 25.2. The van der Waals surface area contributed by atoms with Gasteiger partial charge in [-0.05, 0) is 31.0 Å². The molecule has 1 fully saturated rings. The Bertz CT molecular complexity index is 405. The van der Waals surface area contributed by atoms with Crippen LogP contribution in [0.25, 0.3) is 0 Å². The van der Waals surface area contributed by atoms with Gasteiger partial charge in [0.2, 0.25) is 0 Å². The van der Waals surface area contributed by atoms with Crippen LogP contribution in [0.4, 0.5) is 11.4 Å². The van der Waals surface area contributed by atoms with Gasteiger partial charge in [-0.2, -0.15) is 0 Å². The van der Waals surface area contributed by atoms with E-state index in [4.69, 9.17) is 11.5 Å². The van der Waals surface area contributed by atoms with Gasteiger partial charge in [-0.15, -0.1) is 0 Å². The smallest absolute Gasteiger partial charge is 0.0551 e. The van der Waals surface area contributed by atoms with Crippen molar-refractivity contribution in [3.8, 4) is 0 Å². The van der Waals surface area contributed by atoms with Crippen LogP contribution in [0.15, 0.2) is 18.2 Å². The van der Waals surface area contributed by atoms with E-state index in [0.29, 0.717) is 23.5 Å². The van der Waals surface area contributed by atoms with Gasteiger partial charge in [-0.3, -0.25) is 4.90 Å². The molecular weight excluding hydrogens is 224 g/mol. The summed E-state index contributed by atoms with van der Waals surface area (Å²) in [6.07, 6.45) is 1.17. The van der Waals surface area contributed by atoms with E-state index >= 15 is 0 Å². The summed E-state index contributed by atoms with van der Waals surface area (Å²) in [6, 6.07) is 7.10. The van der Waals surface area contributed by atoms with Crippen molar-refractivity contribution in [3.63, 3.8) is 0 Å². The highest BCUT2D eigenvalue weighted by Crippen LogP contribution is 2.18. The topological polar surface area (TPSA) is 67.3 Å². The van der Waals surface area contributed by atoms with Gasteiger partial charge in [0.1, 0.15) is 0 Å². The van der Waals surface area contributed by atoms with Crippen LogP contribution in [0.1, 0.15) is 25.8 Å². The van der Waals surface area contributed by atoms with Gasteiger partial charge < -0.3 is 16.8 Å². The lowest BCUT2D eigenvalue weighted by Gasteiger charge is -2.37. The molecule has 0 aromatic heterocycles. The van der Waals surface area contributed by atoms with E-state index in [2.05, 4.69) is 30.1 Å². The average molecular weight is 248 g/mol. The summed E-state index contributed by atoms with van der Waals surface area (Å²) in [5, 5.41) is 3.62. The third kappa shape index (κ3) is 3.15. The molecule has 1 aromatic rings. The zero-order valence-electron chi connectivity index (χ0n) is 11.3. The van der Waals surface area contributed by atoms with Crippen molar-refractivity contribution in [1.82, 2.24) is 10.2 Å². The highest BCUT2D eigenvalue weighted by atomic mass is 15.2. The number of nitrogens with zero attached hydrogens (tertiary/aromatic N) is 1. The summed E-state index contributed by atoms with van der Waals surface area (Å²) in [5.74, 6) is 0. The molecule has 0 radical (unpaired) electrons. The number of nitrogens with one attached hydrogen (secondary N) is 1. The monoisotopic (exact) mass is 248 g/mol. The van der Waals surface area contributed by atoms with Gasteiger partial charge in [-0.25, -0.2) is 0 Å². The molecule has 0 spiro atoms. The van der Waals surface area contributed by atoms with Gasteiger partial charge in [0.15, 0.2) is 0 Å². The first-order valence-electron chi connectivity index (χ1n) is 6.70. The molecule has 0 amide bonds. The first-order chi connectivity index (χ1) is 8.58. The van der Waals surface area contributed by atoms with Crippen LogP contribution in [0, 0.1) is 0 Å². The number of rotatable bonds is 3. The maximum absolute atomic E-state index is 5.85. The number of anilines is 2. The van der Waals surface area contributed by atoms with Crippen LogP contribution < -0.4 is 16.8 Å². The van der Waals surface area contributed by atoms with Crippen molar-refractivity contribution < 1.29 is 0 Å². The lowest BCUT2D eigenvalue weighted by Crippen LogP contribution is -2.54. The number of piperazine rings is 1. The molecule has 0 aliphatic carbocycles. The molecule has 4 heteroatoms. The van der Waals surface area contributed by atoms with Crippen LogP contribution >= 0.6 is 0 Å². The van der Waals surface area contributed by atoms with Crippen LogP contribution in [0.5, 0.6) is 0 Å². The molecule has 2 atom stereocenters. The lowest BCUT2D eigenvalue weighted by molar-refractivity contribution is 0.157. The Labute approximate surface area is 109 Å². The second kappa shape index (κ2) is 5.59. The number of hydrogen-bond donors (Lipinski definition) is 3. The van der Waals surface area contributed by atoms with Crippen molar-refractivity contribution in [1.29, 1.82) is 0 Å². The molecule has 1 saturated heterocycles. The largest absolute Gasteiger partial charge is 0.397 e. The summed E-state index contributed by atoms with van der Waals surface area (Å²) in [5.41, 5.74) is 14.2. The Kier molecular flexibility index (Phi) is 4.09. The maximum atomic E-state index is 5.85. The van der Waals surface area contributed by atoms with E-state index in [1.165, 1.54) is 12.0 Å². The number of hydrogen-bond acceptors (Lipinski definition) is 4. The molecule has 0 saturated carbocycles. The van der Waals surface area contributed by atoms with Gasteiger partial charge in [0, 0.05) is 31.7 Å². The van der Waals surface area contributed by atoms with E-state index < -0.39 is 0 Å². The van der Waals surface area contributed by atoms with E-state index in [0.717, 1.165) is 19.6 Å². The Morgan fingerprint density at radius 2 is 2.06 bits per heavy atom. The van der Waals surface area contributed by atoms with Gasteiger partial charge in [-0.1, -0.05) is 13.0 Å². The molecule has 100 valence electrons. The van der Waals surface area contributed by atoms with Crippen molar-refractivity contribution >= 4 is 11.4 Å². The summed E-state index contributed by atoms with van der Waals surface area (Å²) in [4.78, 5) is 2.49. The highest BCUT2D eigenvalue weighted by molar-refractivity contribution is 5.63. The van der Waals surface area contributed by atoms with Gasteiger partial charge in [0.05, 0.1) is 11.4 Å². The summed E-state index contributed by atoms with van der Waals surface area (Å²) >= 11 is 0. The maximum Gasteiger partial charge on any atom is 0.0551 e. The predicted molar refractivity (Wildman–Crippen MR) is 77.2 cm³/mol. The van der Waals surface area contributed by atoms with Crippen molar-refractivity contribution in [2.75, 3.05) is 24.6 Å². The molecule has 1 aliphatic heterocycles. The van der Waals surface area contributed by atoms with Crippen molar-refractivity contribution in [2.24, 2.45) is 0 Å². The molecular formula is C14H24N4. The number of nitrogen functional groups attached to an aromatic ring is 2. The molecule has 1 aromatic carbocycles. The van der Waals surface area contributed by atoms with E-state index in [9.17, 15) is 0 Å². The van der Waals surface area contributed by atoms with E-state index in [1.54, 1.807) is 0 Å². The minimum absolute atomic E-state index is 0.551. The second-order valence-corrected chi connectivity index (χ2v) is 5.33. The molecule has 18 heavy (non-hydrogen) atoms. The zero-order chi connectivity index (χ0) is 13.1. The lowest BCUT2D eigenvalue weighted by atomic mass is 10.1. The summed E-state index contributed by atoms with van der Waals surface area (Å²) < 4.78 is 0. The first-order valence-corrected chi connectivity index (χ1v) is 6.70. The fourth-order valence-corrected chi connectivity index (χ4v) is 2.64. The predicted octanol–water partition coefficient (Wildman–Crippen LogP) is 1.42. The SMILES string of the molecule is CC[C@H]1CN(Cc2ccc(N)c(N)c2)C[C@@H](C)N1. The third-order valence-electron chi connectivity index (χ3n) is 3.58. The van der Waals surface area contributed by atoms with E-state index in [-0.39, 0.29) is 0 Å². The second-order valence-electron chi connectivity index (χ2n) is 5.33. The quantitative estimate of drug-likeness (QED) is 0.708. The number of benzene rings is 1. The Balaban J connectivity index is 2.01. The van der Waals surface area contributed by atoms with Crippen LogP contribution in [0.2, 0.25) is 0 Å². The molecule has 2 rings (SSSR count). The zero-order valence-corrected chi connectivity index (χ0v) is 11.3. The summed E-state index contributed by atoms with van der Waals surface area (Å²) in [6.45, 7) is 7.61. The summed E-state index contributed by atoms with van der Waals surface area (Å²) in [7, 11) is 0. The average Bonchev–Trinajstić information content (AvgIpc) is 2.33. The van der Waals surface area contributed by atoms with E-state index in [1.807, 2.05) is 12.1 Å². The fraction of sp³-hybridized carbons (Fsp3) is 0.571. The van der Waals surface area contributed by atoms with Crippen LogP contribution in [-0.4, -0.2) is 30.1 Å². The molecule has 0 bridgehead atoms.